The Morgan fingerprint density at radius 1 is 1.14 bits per heavy atom. The zero-order chi connectivity index (χ0) is 20.7. The lowest BCUT2D eigenvalue weighted by atomic mass is 10.2. The lowest BCUT2D eigenvalue weighted by Gasteiger charge is -2.12. The van der Waals surface area contributed by atoms with Gasteiger partial charge in [-0.2, -0.15) is 8.78 Å². The van der Waals surface area contributed by atoms with E-state index in [2.05, 4.69) is 10.6 Å². The number of carbonyl (C=O) groups excluding carboxylic acids is 2. The zero-order valence-corrected chi connectivity index (χ0v) is 15.8. The number of nitrogens with one attached hydrogen (secondary N) is 2. The summed E-state index contributed by atoms with van der Waals surface area (Å²) in [7, 11) is 0. The Kier molecular flexibility index (Phi) is 8.13. The van der Waals surface area contributed by atoms with Crippen molar-refractivity contribution < 1.29 is 27.2 Å². The Balaban J connectivity index is 1.83. The predicted molar refractivity (Wildman–Crippen MR) is 99.9 cm³/mol. The smallest absolute Gasteiger partial charge is 0.289 e. The molecule has 4 nitrogen and oxygen atoms in total. The van der Waals surface area contributed by atoms with E-state index in [1.807, 2.05) is 0 Å². The van der Waals surface area contributed by atoms with Gasteiger partial charge in [-0.05, 0) is 30.7 Å². The van der Waals surface area contributed by atoms with Crippen LogP contribution < -0.4 is 10.6 Å². The summed E-state index contributed by atoms with van der Waals surface area (Å²) in [6.07, 6.45) is 0.204. The van der Waals surface area contributed by atoms with Gasteiger partial charge in [0.2, 0.25) is 5.91 Å². The molecule has 0 bridgehead atoms. The number of hydrogen-bond acceptors (Lipinski definition) is 3. The highest BCUT2D eigenvalue weighted by Gasteiger charge is 2.16. The number of thioether (sulfide) groups is 1. The number of rotatable bonds is 8. The second kappa shape index (κ2) is 10.3. The number of carbonyl (C=O) groups is 2. The molecule has 2 amide bonds. The molecule has 0 aliphatic heterocycles. The molecule has 0 fully saturated rings. The summed E-state index contributed by atoms with van der Waals surface area (Å²) < 4.78 is 51.6. The highest BCUT2D eigenvalue weighted by molar-refractivity contribution is 7.99. The first kappa shape index (κ1) is 22.0. The molecule has 0 aromatic heterocycles. The van der Waals surface area contributed by atoms with Crippen molar-refractivity contribution in [1.82, 2.24) is 5.32 Å². The molecule has 0 heterocycles. The van der Waals surface area contributed by atoms with E-state index in [0.717, 1.165) is 12.1 Å². The van der Waals surface area contributed by atoms with E-state index in [-0.39, 0.29) is 52.3 Å². The van der Waals surface area contributed by atoms with Gasteiger partial charge in [-0.25, -0.2) is 8.78 Å². The second-order valence-electron chi connectivity index (χ2n) is 5.53. The number of amides is 2. The van der Waals surface area contributed by atoms with Crippen molar-refractivity contribution in [3.63, 3.8) is 0 Å². The Morgan fingerprint density at radius 2 is 1.89 bits per heavy atom. The molecule has 2 aromatic carbocycles. The standard InChI is InChI=1S/C18H15ClF4N2O2S/c19-12-3-1-4-14(16(12)28-18(22)23)25-15(26)5-2-8-24-17(27)11-7-6-10(20)9-13(11)21/h1,3-4,6-7,9,18H,2,5,8H2,(H,24,27)(H,25,26). The molecule has 150 valence electrons. The van der Waals surface area contributed by atoms with Gasteiger partial charge in [0.15, 0.2) is 0 Å². The molecule has 0 atom stereocenters. The van der Waals surface area contributed by atoms with Gasteiger partial charge < -0.3 is 10.6 Å². The second-order valence-corrected chi connectivity index (χ2v) is 6.93. The summed E-state index contributed by atoms with van der Waals surface area (Å²) in [6, 6.07) is 6.99. The minimum absolute atomic E-state index is 0.0164. The van der Waals surface area contributed by atoms with E-state index in [1.54, 1.807) is 0 Å². The molecule has 0 aliphatic rings. The number of benzene rings is 2. The van der Waals surface area contributed by atoms with Crippen molar-refractivity contribution in [1.29, 1.82) is 0 Å². The van der Waals surface area contributed by atoms with Crippen LogP contribution in [-0.2, 0) is 4.79 Å². The Bertz CT molecular complexity index is 867. The fourth-order valence-electron chi connectivity index (χ4n) is 2.25. The summed E-state index contributed by atoms with van der Waals surface area (Å²) in [6.45, 7) is 0.0667. The van der Waals surface area contributed by atoms with E-state index in [0.29, 0.717) is 6.07 Å². The third-order valence-corrected chi connectivity index (χ3v) is 4.77. The third-order valence-electron chi connectivity index (χ3n) is 3.49. The van der Waals surface area contributed by atoms with Gasteiger partial charge in [-0.15, -0.1) is 0 Å². The van der Waals surface area contributed by atoms with Crippen LogP contribution in [0.25, 0.3) is 0 Å². The van der Waals surface area contributed by atoms with Gasteiger partial charge in [-0.1, -0.05) is 29.4 Å². The van der Waals surface area contributed by atoms with E-state index in [1.165, 1.54) is 18.2 Å². The first-order chi connectivity index (χ1) is 13.3. The number of anilines is 1. The van der Waals surface area contributed by atoms with Crippen molar-refractivity contribution in [2.45, 2.75) is 23.5 Å². The highest BCUT2D eigenvalue weighted by Crippen LogP contribution is 2.37. The lowest BCUT2D eigenvalue weighted by molar-refractivity contribution is -0.116. The van der Waals surface area contributed by atoms with Crippen LogP contribution in [0, 0.1) is 11.6 Å². The average Bonchev–Trinajstić information content (AvgIpc) is 2.61. The van der Waals surface area contributed by atoms with E-state index >= 15 is 0 Å². The third kappa shape index (κ3) is 6.42. The van der Waals surface area contributed by atoms with Crippen LogP contribution in [0.5, 0.6) is 0 Å². The molecular weight excluding hydrogens is 420 g/mol. The summed E-state index contributed by atoms with van der Waals surface area (Å²) in [4.78, 5) is 23.9. The molecule has 0 aliphatic carbocycles. The van der Waals surface area contributed by atoms with Crippen LogP contribution in [0.15, 0.2) is 41.3 Å². The van der Waals surface area contributed by atoms with Crippen LogP contribution in [0.3, 0.4) is 0 Å². The molecule has 0 radical (unpaired) electrons. The summed E-state index contributed by atoms with van der Waals surface area (Å²) in [5.41, 5.74) is -0.140. The summed E-state index contributed by atoms with van der Waals surface area (Å²) in [5, 5.41) is 5.01. The molecular formula is C18H15ClF4N2O2S. The monoisotopic (exact) mass is 434 g/mol. The van der Waals surface area contributed by atoms with Gasteiger partial charge in [0.25, 0.3) is 11.7 Å². The molecule has 2 N–H and O–H groups in total. The molecule has 10 heteroatoms. The van der Waals surface area contributed by atoms with E-state index in [9.17, 15) is 27.2 Å². The number of halogens is 5. The predicted octanol–water partition coefficient (Wildman–Crippen LogP) is 5.08. The van der Waals surface area contributed by atoms with Gasteiger partial charge in [-0.3, -0.25) is 9.59 Å². The minimum atomic E-state index is -2.70. The summed E-state index contributed by atoms with van der Waals surface area (Å²) >= 11 is 6.12. The van der Waals surface area contributed by atoms with Crippen molar-refractivity contribution in [2.75, 3.05) is 11.9 Å². The van der Waals surface area contributed by atoms with Gasteiger partial charge >= 0.3 is 0 Å². The maximum atomic E-state index is 13.5. The SMILES string of the molecule is O=C(CCCNC(=O)c1ccc(F)cc1F)Nc1cccc(Cl)c1SC(F)F. The van der Waals surface area contributed by atoms with Crippen LogP contribution in [0.4, 0.5) is 23.2 Å². The van der Waals surface area contributed by atoms with Crippen LogP contribution in [-0.4, -0.2) is 24.1 Å². The lowest BCUT2D eigenvalue weighted by Crippen LogP contribution is -2.26. The number of hydrogen-bond donors (Lipinski definition) is 2. The first-order valence-electron chi connectivity index (χ1n) is 8.04. The summed E-state index contributed by atoms with van der Waals surface area (Å²) in [5.74, 6) is -5.67. The molecule has 0 unspecified atom stereocenters. The largest absolute Gasteiger partial charge is 0.352 e. The van der Waals surface area contributed by atoms with Crippen LogP contribution >= 0.6 is 23.4 Å². The molecule has 28 heavy (non-hydrogen) atoms. The quantitative estimate of drug-likeness (QED) is 0.346. The van der Waals surface area contributed by atoms with Crippen LogP contribution in [0.2, 0.25) is 5.02 Å². The maximum Gasteiger partial charge on any atom is 0.289 e. The molecule has 0 spiro atoms. The van der Waals surface area contributed by atoms with Gasteiger partial charge in [0, 0.05) is 19.0 Å². The van der Waals surface area contributed by atoms with Gasteiger partial charge in [0.05, 0.1) is 21.2 Å². The maximum absolute atomic E-state index is 13.5. The van der Waals surface area contributed by atoms with E-state index in [4.69, 9.17) is 11.6 Å². The molecule has 0 saturated heterocycles. The first-order valence-corrected chi connectivity index (χ1v) is 9.30. The number of alkyl halides is 2. The van der Waals surface area contributed by atoms with Crippen molar-refractivity contribution in [2.24, 2.45) is 0 Å². The van der Waals surface area contributed by atoms with Crippen LogP contribution in [0.1, 0.15) is 23.2 Å². The fraction of sp³-hybridized carbons (Fsp3) is 0.222. The Labute approximate surface area is 167 Å². The van der Waals surface area contributed by atoms with Crippen molar-refractivity contribution in [3.05, 3.63) is 58.6 Å². The zero-order valence-electron chi connectivity index (χ0n) is 14.3. The fourth-order valence-corrected chi connectivity index (χ4v) is 3.16. The molecule has 0 saturated carbocycles. The normalized spacial score (nSPS) is 10.8. The van der Waals surface area contributed by atoms with Crippen molar-refractivity contribution >= 4 is 40.9 Å². The highest BCUT2D eigenvalue weighted by atomic mass is 35.5. The minimum Gasteiger partial charge on any atom is -0.352 e. The topological polar surface area (TPSA) is 58.2 Å². The Morgan fingerprint density at radius 3 is 2.57 bits per heavy atom. The van der Waals surface area contributed by atoms with Gasteiger partial charge in [0.1, 0.15) is 11.6 Å². The van der Waals surface area contributed by atoms with Crippen molar-refractivity contribution in [3.8, 4) is 0 Å². The van der Waals surface area contributed by atoms with E-state index < -0.39 is 29.2 Å². The molecule has 2 rings (SSSR count). The Hall–Kier alpha value is -2.26. The average molecular weight is 435 g/mol. The molecule has 2 aromatic rings.